The Morgan fingerprint density at radius 1 is 1.36 bits per heavy atom. The normalized spacial score (nSPS) is 9.93. The van der Waals surface area contributed by atoms with E-state index in [1.807, 2.05) is 6.07 Å². The summed E-state index contributed by atoms with van der Waals surface area (Å²) in [6.07, 6.45) is 1.94. The molecule has 0 saturated heterocycles. The predicted octanol–water partition coefficient (Wildman–Crippen LogP) is 2.01. The number of nitrogens with zero attached hydrogens (tertiary/aromatic N) is 2. The lowest BCUT2D eigenvalue weighted by atomic mass is 10.1. The van der Waals surface area contributed by atoms with E-state index in [9.17, 15) is 5.11 Å². The minimum Gasteiger partial charge on any atom is -0.506 e. The van der Waals surface area contributed by atoms with Crippen molar-refractivity contribution in [3.63, 3.8) is 0 Å². The minimum atomic E-state index is 0.155. The van der Waals surface area contributed by atoms with Crippen LogP contribution in [0.4, 0.5) is 0 Å². The number of aromatic hydroxyl groups is 1. The van der Waals surface area contributed by atoms with E-state index in [-0.39, 0.29) is 5.75 Å². The number of benzene rings is 1. The molecule has 0 amide bonds. The molecular formula is C11H8N2O. The van der Waals surface area contributed by atoms with E-state index in [1.54, 1.807) is 24.4 Å². The first kappa shape index (κ1) is 8.52. The van der Waals surface area contributed by atoms with Crippen molar-refractivity contribution >= 4 is 10.9 Å². The fourth-order valence-corrected chi connectivity index (χ4v) is 1.46. The molecule has 0 aliphatic carbocycles. The average molecular weight is 184 g/mol. The standard InChI is InChI=1S/C11H8N2O/c12-6-4-8-5-7-13-11-9(8)2-1-3-10(11)14/h1-3,5,7,14H,4H2. The SMILES string of the molecule is N#CCc1ccnc2c(O)cccc12. The van der Waals surface area contributed by atoms with Crippen LogP contribution in [0.15, 0.2) is 30.5 Å². The van der Waals surface area contributed by atoms with Crippen molar-refractivity contribution in [1.29, 1.82) is 5.26 Å². The summed E-state index contributed by atoms with van der Waals surface area (Å²) in [5.41, 5.74) is 1.45. The molecule has 0 atom stereocenters. The monoisotopic (exact) mass is 184 g/mol. The third-order valence-corrected chi connectivity index (χ3v) is 2.11. The molecule has 3 heteroatoms. The number of phenols is 1. The summed E-state index contributed by atoms with van der Waals surface area (Å²) >= 11 is 0. The van der Waals surface area contributed by atoms with Crippen LogP contribution in [0.5, 0.6) is 5.75 Å². The first-order chi connectivity index (χ1) is 6.83. The van der Waals surface area contributed by atoms with Gasteiger partial charge < -0.3 is 5.11 Å². The van der Waals surface area contributed by atoms with Crippen molar-refractivity contribution in [3.8, 4) is 11.8 Å². The molecule has 1 aromatic heterocycles. The summed E-state index contributed by atoms with van der Waals surface area (Å²) in [5.74, 6) is 0.155. The van der Waals surface area contributed by atoms with Crippen molar-refractivity contribution in [2.75, 3.05) is 0 Å². The molecule has 0 bridgehead atoms. The zero-order valence-corrected chi connectivity index (χ0v) is 7.44. The fraction of sp³-hybridized carbons (Fsp3) is 0.0909. The fourth-order valence-electron chi connectivity index (χ4n) is 1.46. The molecular weight excluding hydrogens is 176 g/mol. The van der Waals surface area contributed by atoms with E-state index >= 15 is 0 Å². The molecule has 0 saturated carbocycles. The smallest absolute Gasteiger partial charge is 0.141 e. The van der Waals surface area contributed by atoms with Gasteiger partial charge in [-0.25, -0.2) is 0 Å². The highest BCUT2D eigenvalue weighted by molar-refractivity contribution is 5.87. The maximum absolute atomic E-state index is 9.52. The number of hydrogen-bond acceptors (Lipinski definition) is 3. The van der Waals surface area contributed by atoms with E-state index in [2.05, 4.69) is 11.1 Å². The van der Waals surface area contributed by atoms with Crippen molar-refractivity contribution < 1.29 is 5.11 Å². The number of para-hydroxylation sites is 1. The van der Waals surface area contributed by atoms with Gasteiger partial charge in [0.2, 0.25) is 0 Å². The Bertz CT molecular complexity index is 514. The summed E-state index contributed by atoms with van der Waals surface area (Å²) in [6.45, 7) is 0. The van der Waals surface area contributed by atoms with Gasteiger partial charge in [0.05, 0.1) is 12.5 Å². The van der Waals surface area contributed by atoms with Gasteiger partial charge in [0.15, 0.2) is 0 Å². The number of nitriles is 1. The number of fused-ring (bicyclic) bond motifs is 1. The van der Waals surface area contributed by atoms with Gasteiger partial charge >= 0.3 is 0 Å². The molecule has 1 aromatic carbocycles. The molecule has 2 rings (SSSR count). The van der Waals surface area contributed by atoms with Crippen LogP contribution in [-0.2, 0) is 6.42 Å². The summed E-state index contributed by atoms with van der Waals surface area (Å²) in [4.78, 5) is 4.06. The third kappa shape index (κ3) is 1.27. The predicted molar refractivity (Wildman–Crippen MR) is 52.7 cm³/mol. The molecule has 0 aliphatic rings. The number of hydrogen-bond donors (Lipinski definition) is 1. The third-order valence-electron chi connectivity index (χ3n) is 2.11. The van der Waals surface area contributed by atoms with E-state index in [1.165, 1.54) is 0 Å². The molecule has 3 nitrogen and oxygen atoms in total. The summed E-state index contributed by atoms with van der Waals surface area (Å²) in [6, 6.07) is 9.08. The van der Waals surface area contributed by atoms with E-state index < -0.39 is 0 Å². The molecule has 2 aromatic rings. The van der Waals surface area contributed by atoms with Crippen molar-refractivity contribution in [3.05, 3.63) is 36.0 Å². The number of aromatic nitrogens is 1. The molecule has 0 unspecified atom stereocenters. The summed E-state index contributed by atoms with van der Waals surface area (Å²) in [5, 5.41) is 19.0. The van der Waals surface area contributed by atoms with Gasteiger partial charge in [-0.1, -0.05) is 12.1 Å². The lowest BCUT2D eigenvalue weighted by Gasteiger charge is -2.02. The summed E-state index contributed by atoms with van der Waals surface area (Å²) in [7, 11) is 0. The van der Waals surface area contributed by atoms with E-state index in [4.69, 9.17) is 5.26 Å². The number of pyridine rings is 1. The van der Waals surface area contributed by atoms with Crippen LogP contribution in [0.2, 0.25) is 0 Å². The second-order valence-corrected chi connectivity index (χ2v) is 2.98. The van der Waals surface area contributed by atoms with Gasteiger partial charge in [-0.15, -0.1) is 0 Å². The highest BCUT2D eigenvalue weighted by Gasteiger charge is 2.04. The van der Waals surface area contributed by atoms with E-state index in [0.29, 0.717) is 11.9 Å². The molecule has 1 heterocycles. The second kappa shape index (κ2) is 3.35. The van der Waals surface area contributed by atoms with Gasteiger partial charge in [0.1, 0.15) is 11.3 Å². The van der Waals surface area contributed by atoms with Crippen molar-refractivity contribution in [2.24, 2.45) is 0 Å². The second-order valence-electron chi connectivity index (χ2n) is 2.98. The Morgan fingerprint density at radius 2 is 2.21 bits per heavy atom. The van der Waals surface area contributed by atoms with Crippen LogP contribution in [0, 0.1) is 11.3 Å². The van der Waals surface area contributed by atoms with Crippen LogP contribution in [0.25, 0.3) is 10.9 Å². The minimum absolute atomic E-state index is 0.155. The molecule has 0 aliphatic heterocycles. The average Bonchev–Trinajstić information content (AvgIpc) is 2.20. The van der Waals surface area contributed by atoms with Crippen LogP contribution >= 0.6 is 0 Å². The number of rotatable bonds is 1. The molecule has 1 N–H and O–H groups in total. The van der Waals surface area contributed by atoms with Crippen LogP contribution in [0.1, 0.15) is 5.56 Å². The van der Waals surface area contributed by atoms with Gasteiger partial charge in [-0.05, 0) is 17.7 Å². The molecule has 14 heavy (non-hydrogen) atoms. The Balaban J connectivity index is 2.76. The van der Waals surface area contributed by atoms with Crippen LogP contribution < -0.4 is 0 Å². The van der Waals surface area contributed by atoms with E-state index in [0.717, 1.165) is 10.9 Å². The van der Waals surface area contributed by atoms with Crippen molar-refractivity contribution in [1.82, 2.24) is 4.98 Å². The molecule has 0 fully saturated rings. The molecule has 0 spiro atoms. The van der Waals surface area contributed by atoms with Gasteiger partial charge in [0, 0.05) is 11.6 Å². The summed E-state index contributed by atoms with van der Waals surface area (Å²) < 4.78 is 0. The highest BCUT2D eigenvalue weighted by atomic mass is 16.3. The quantitative estimate of drug-likeness (QED) is 0.737. The Morgan fingerprint density at radius 3 is 3.00 bits per heavy atom. The number of phenolic OH excluding ortho intramolecular Hbond substituents is 1. The highest BCUT2D eigenvalue weighted by Crippen LogP contribution is 2.24. The van der Waals surface area contributed by atoms with Gasteiger partial charge in [-0.3, -0.25) is 4.98 Å². The lowest BCUT2D eigenvalue weighted by molar-refractivity contribution is 0.480. The first-order valence-corrected chi connectivity index (χ1v) is 4.25. The maximum Gasteiger partial charge on any atom is 0.141 e. The Kier molecular flexibility index (Phi) is 2.04. The molecule has 0 radical (unpaired) electrons. The largest absolute Gasteiger partial charge is 0.506 e. The maximum atomic E-state index is 9.52. The molecule has 68 valence electrons. The topological polar surface area (TPSA) is 56.9 Å². The first-order valence-electron chi connectivity index (χ1n) is 4.25. The van der Waals surface area contributed by atoms with Gasteiger partial charge in [-0.2, -0.15) is 5.26 Å². The Labute approximate surface area is 81.2 Å². The van der Waals surface area contributed by atoms with Crippen LogP contribution in [-0.4, -0.2) is 10.1 Å². The lowest BCUT2D eigenvalue weighted by Crippen LogP contribution is -1.87. The Hall–Kier alpha value is -2.08. The van der Waals surface area contributed by atoms with Crippen molar-refractivity contribution in [2.45, 2.75) is 6.42 Å². The zero-order chi connectivity index (χ0) is 9.97. The van der Waals surface area contributed by atoms with Crippen LogP contribution in [0.3, 0.4) is 0 Å². The van der Waals surface area contributed by atoms with Gasteiger partial charge in [0.25, 0.3) is 0 Å². The zero-order valence-electron chi connectivity index (χ0n) is 7.44.